The van der Waals surface area contributed by atoms with E-state index < -0.39 is 16.4 Å². The molecule has 1 saturated heterocycles. The van der Waals surface area contributed by atoms with Crippen molar-refractivity contribution >= 4 is 32.3 Å². The molecule has 1 aliphatic heterocycles. The van der Waals surface area contributed by atoms with E-state index in [1.807, 2.05) is 11.5 Å². The molecule has 0 unspecified atom stereocenters. The number of sulfonamides is 1. The number of aryl methyl sites for hydroxylation is 1. The van der Waals surface area contributed by atoms with Crippen LogP contribution >= 0.6 is 0 Å². The summed E-state index contributed by atoms with van der Waals surface area (Å²) in [5.41, 5.74) is 9.28. The van der Waals surface area contributed by atoms with Crippen LogP contribution in [0, 0.1) is 0 Å². The number of anilines is 2. The van der Waals surface area contributed by atoms with Crippen molar-refractivity contribution in [3.05, 3.63) is 42.5 Å². The number of rotatable bonds is 4. The molecule has 2 aromatic carbocycles. The summed E-state index contributed by atoms with van der Waals surface area (Å²) < 4.78 is 69.3. The van der Waals surface area contributed by atoms with E-state index >= 15 is 0 Å². The highest BCUT2D eigenvalue weighted by Crippen LogP contribution is 2.39. The quantitative estimate of drug-likeness (QED) is 0.656. The van der Waals surface area contributed by atoms with E-state index in [1.54, 1.807) is 24.3 Å². The number of aromatic nitrogens is 1. The molecule has 0 bridgehead atoms. The molecule has 1 fully saturated rings. The van der Waals surface area contributed by atoms with Gasteiger partial charge in [0, 0.05) is 30.1 Å². The van der Waals surface area contributed by atoms with Gasteiger partial charge in [0.15, 0.2) is 0 Å². The molecule has 2 N–H and O–H groups in total. The van der Waals surface area contributed by atoms with Crippen molar-refractivity contribution in [3.8, 4) is 17.0 Å². The summed E-state index contributed by atoms with van der Waals surface area (Å²) in [7, 11) is -3.28. The third-order valence-electron chi connectivity index (χ3n) is 5.15. The van der Waals surface area contributed by atoms with Gasteiger partial charge < -0.3 is 15.0 Å². The highest BCUT2D eigenvalue weighted by molar-refractivity contribution is 7.93. The van der Waals surface area contributed by atoms with E-state index in [1.165, 1.54) is 22.5 Å². The average molecular weight is 439 g/mol. The van der Waals surface area contributed by atoms with Crippen LogP contribution in [0.4, 0.5) is 24.5 Å². The van der Waals surface area contributed by atoms with Crippen LogP contribution in [0.3, 0.4) is 0 Å². The van der Waals surface area contributed by atoms with Crippen molar-refractivity contribution in [2.24, 2.45) is 0 Å². The zero-order valence-corrected chi connectivity index (χ0v) is 16.9. The largest absolute Gasteiger partial charge is 0.573 e. The van der Waals surface area contributed by atoms with Crippen LogP contribution in [0.5, 0.6) is 5.75 Å². The molecule has 3 aromatic rings. The number of hydrogen-bond acceptors (Lipinski definition) is 4. The van der Waals surface area contributed by atoms with Gasteiger partial charge in [-0.1, -0.05) is 12.1 Å². The first kappa shape index (κ1) is 20.4. The summed E-state index contributed by atoms with van der Waals surface area (Å²) >= 11 is 0. The normalized spacial score (nSPS) is 16.3. The number of nitrogen functional groups attached to an aromatic ring is 1. The average Bonchev–Trinajstić information content (AvgIpc) is 3.16. The molecular formula is C20H20F3N3O3S. The predicted octanol–water partition coefficient (Wildman–Crippen LogP) is 4.35. The van der Waals surface area contributed by atoms with Crippen molar-refractivity contribution in [1.82, 2.24) is 4.57 Å². The molecule has 2 heterocycles. The maximum absolute atomic E-state index is 12.6. The zero-order valence-electron chi connectivity index (χ0n) is 16.1. The second-order valence-electron chi connectivity index (χ2n) is 7.02. The van der Waals surface area contributed by atoms with Crippen LogP contribution in [0.15, 0.2) is 42.5 Å². The van der Waals surface area contributed by atoms with Gasteiger partial charge in [-0.2, -0.15) is 0 Å². The Hall–Kier alpha value is -2.88. The lowest BCUT2D eigenvalue weighted by atomic mass is 10.1. The number of hydrogen-bond donors (Lipinski definition) is 1. The summed E-state index contributed by atoms with van der Waals surface area (Å²) in [4.78, 5) is 0. The van der Waals surface area contributed by atoms with E-state index in [9.17, 15) is 21.6 Å². The third kappa shape index (κ3) is 3.55. The Kier molecular flexibility index (Phi) is 4.84. The molecule has 160 valence electrons. The van der Waals surface area contributed by atoms with E-state index in [4.69, 9.17) is 5.73 Å². The highest BCUT2D eigenvalue weighted by Gasteiger charge is 2.31. The zero-order chi connectivity index (χ0) is 21.7. The fourth-order valence-corrected chi connectivity index (χ4v) is 5.47. The fraction of sp³-hybridized carbons (Fsp3) is 0.300. The van der Waals surface area contributed by atoms with Crippen LogP contribution < -0.4 is 14.8 Å². The molecule has 0 aliphatic carbocycles. The van der Waals surface area contributed by atoms with E-state index in [0.717, 1.165) is 5.56 Å². The highest BCUT2D eigenvalue weighted by atomic mass is 32.2. The van der Waals surface area contributed by atoms with Gasteiger partial charge in [-0.05, 0) is 37.6 Å². The number of halogens is 3. The molecule has 0 saturated carbocycles. The number of fused-ring (bicyclic) bond motifs is 1. The Morgan fingerprint density at radius 3 is 2.40 bits per heavy atom. The Labute approximate surface area is 171 Å². The molecule has 0 amide bonds. The van der Waals surface area contributed by atoms with Crippen molar-refractivity contribution in [2.45, 2.75) is 26.3 Å². The molecule has 1 aliphatic rings. The lowest BCUT2D eigenvalue weighted by molar-refractivity contribution is -0.274. The summed E-state index contributed by atoms with van der Waals surface area (Å²) in [6.07, 6.45) is -4.19. The monoisotopic (exact) mass is 439 g/mol. The SMILES string of the molecule is CCn1c(-c2ccc(N3CCCS3(=O)=O)cc2)c(N)c2ccc(OC(F)(F)F)cc21. The van der Waals surface area contributed by atoms with Gasteiger partial charge in [0.2, 0.25) is 10.0 Å². The first-order valence-electron chi connectivity index (χ1n) is 9.39. The molecule has 4 rings (SSSR count). The number of nitrogens with zero attached hydrogens (tertiary/aromatic N) is 2. The predicted molar refractivity (Wildman–Crippen MR) is 110 cm³/mol. The minimum atomic E-state index is -4.78. The first-order valence-corrected chi connectivity index (χ1v) is 11.0. The topological polar surface area (TPSA) is 77.6 Å². The Bertz CT molecular complexity index is 1200. The van der Waals surface area contributed by atoms with Gasteiger partial charge in [-0.15, -0.1) is 13.2 Å². The van der Waals surface area contributed by atoms with Crippen LogP contribution in [0.1, 0.15) is 13.3 Å². The maximum atomic E-state index is 12.6. The number of alkyl halides is 3. The van der Waals surface area contributed by atoms with Gasteiger partial charge in [0.05, 0.1) is 28.3 Å². The Morgan fingerprint density at radius 1 is 1.13 bits per heavy atom. The smallest absolute Gasteiger partial charge is 0.406 e. The number of nitrogens with two attached hydrogens (primary N) is 1. The van der Waals surface area contributed by atoms with E-state index in [0.29, 0.717) is 47.5 Å². The maximum Gasteiger partial charge on any atom is 0.573 e. The van der Waals surface area contributed by atoms with Crippen molar-refractivity contribution in [1.29, 1.82) is 0 Å². The minimum Gasteiger partial charge on any atom is -0.406 e. The van der Waals surface area contributed by atoms with Gasteiger partial charge in [-0.3, -0.25) is 4.31 Å². The summed E-state index contributed by atoms with van der Waals surface area (Å²) in [6.45, 7) is 2.78. The molecule has 10 heteroatoms. The summed E-state index contributed by atoms with van der Waals surface area (Å²) in [5, 5.41) is 0.618. The van der Waals surface area contributed by atoms with Crippen LogP contribution in [0.2, 0.25) is 0 Å². The van der Waals surface area contributed by atoms with Crippen LogP contribution in [-0.4, -0.2) is 31.6 Å². The number of ether oxygens (including phenoxy) is 1. The van der Waals surface area contributed by atoms with E-state index in [-0.39, 0.29) is 11.5 Å². The second kappa shape index (κ2) is 7.12. The third-order valence-corrected chi connectivity index (χ3v) is 7.02. The van der Waals surface area contributed by atoms with E-state index in [2.05, 4.69) is 4.74 Å². The molecule has 1 aromatic heterocycles. The lowest BCUT2D eigenvalue weighted by Gasteiger charge is -2.17. The van der Waals surface area contributed by atoms with Crippen LogP contribution in [-0.2, 0) is 16.6 Å². The molecule has 0 spiro atoms. The van der Waals surface area contributed by atoms with Gasteiger partial charge in [-0.25, -0.2) is 8.42 Å². The summed E-state index contributed by atoms with van der Waals surface area (Å²) in [6, 6.07) is 11.0. The van der Waals surface area contributed by atoms with Gasteiger partial charge in [0.1, 0.15) is 5.75 Å². The second-order valence-corrected chi connectivity index (χ2v) is 9.03. The number of benzene rings is 2. The first-order chi connectivity index (χ1) is 14.1. The standard InChI is InChI=1S/C20H20F3N3O3S/c1-2-25-17-12-15(29-20(21,22)23)8-9-16(17)18(24)19(25)13-4-6-14(7-5-13)26-10-3-11-30(26,27)28/h4-9,12H,2-3,10-11,24H2,1H3. The summed E-state index contributed by atoms with van der Waals surface area (Å²) in [5.74, 6) is -0.183. The minimum absolute atomic E-state index is 0.133. The van der Waals surface area contributed by atoms with Crippen molar-refractivity contribution in [2.75, 3.05) is 22.3 Å². The fourth-order valence-electron chi connectivity index (χ4n) is 3.91. The molecule has 30 heavy (non-hydrogen) atoms. The van der Waals surface area contributed by atoms with Crippen molar-refractivity contribution in [3.63, 3.8) is 0 Å². The van der Waals surface area contributed by atoms with Crippen LogP contribution in [0.25, 0.3) is 22.2 Å². The Balaban J connectivity index is 1.77. The molecule has 6 nitrogen and oxygen atoms in total. The Morgan fingerprint density at radius 2 is 1.83 bits per heavy atom. The van der Waals surface area contributed by atoms with Gasteiger partial charge in [0.25, 0.3) is 0 Å². The molecular weight excluding hydrogens is 419 g/mol. The molecule has 0 atom stereocenters. The molecule has 0 radical (unpaired) electrons. The van der Waals surface area contributed by atoms with Gasteiger partial charge >= 0.3 is 6.36 Å². The van der Waals surface area contributed by atoms with Crippen molar-refractivity contribution < 1.29 is 26.3 Å². The lowest BCUT2D eigenvalue weighted by Crippen LogP contribution is -2.24.